The summed E-state index contributed by atoms with van der Waals surface area (Å²) in [5, 5.41) is 2.49. The molecule has 1 heterocycles. The van der Waals surface area contributed by atoms with Crippen molar-refractivity contribution in [3.8, 4) is 0 Å². The lowest BCUT2D eigenvalue weighted by molar-refractivity contribution is 0.428. The van der Waals surface area contributed by atoms with E-state index in [1.807, 2.05) is 6.92 Å². The van der Waals surface area contributed by atoms with Crippen molar-refractivity contribution in [2.24, 2.45) is 5.92 Å². The van der Waals surface area contributed by atoms with Crippen molar-refractivity contribution < 1.29 is 0 Å². The Bertz CT molecular complexity index is 392. The number of rotatable bonds is 4. The number of aromatic amines is 1. The molecule has 0 amide bonds. The topological polar surface area (TPSA) is 54.9 Å². The van der Waals surface area contributed by atoms with Gasteiger partial charge in [-0.1, -0.05) is 13.3 Å². The SMILES string of the molecule is CCC(CS)Cn1[nH]c(=O)ccc1=O. The van der Waals surface area contributed by atoms with Gasteiger partial charge >= 0.3 is 0 Å². The van der Waals surface area contributed by atoms with Gasteiger partial charge in [0, 0.05) is 18.7 Å². The molecule has 1 aromatic heterocycles. The highest BCUT2D eigenvalue weighted by Gasteiger charge is 2.06. The second-order valence-corrected chi connectivity index (χ2v) is 3.58. The van der Waals surface area contributed by atoms with Crippen LogP contribution in [0.5, 0.6) is 0 Å². The normalized spacial score (nSPS) is 12.7. The first-order chi connectivity index (χ1) is 6.67. The molecular weight excluding hydrogens is 200 g/mol. The summed E-state index contributed by atoms with van der Waals surface area (Å²) in [6.45, 7) is 2.56. The van der Waals surface area contributed by atoms with Crippen LogP contribution in [0.25, 0.3) is 0 Å². The highest BCUT2D eigenvalue weighted by molar-refractivity contribution is 7.80. The molecule has 0 aliphatic carbocycles. The summed E-state index contributed by atoms with van der Waals surface area (Å²) in [6, 6.07) is 2.52. The molecule has 4 nitrogen and oxygen atoms in total. The lowest BCUT2D eigenvalue weighted by Crippen LogP contribution is -2.30. The summed E-state index contributed by atoms with van der Waals surface area (Å²) in [7, 11) is 0. The Hall–Kier alpha value is -0.970. The van der Waals surface area contributed by atoms with Crippen LogP contribution in [-0.2, 0) is 6.54 Å². The third kappa shape index (κ3) is 2.77. The summed E-state index contributed by atoms with van der Waals surface area (Å²) in [5.74, 6) is 1.02. The summed E-state index contributed by atoms with van der Waals surface area (Å²) >= 11 is 4.18. The number of thiol groups is 1. The summed E-state index contributed by atoms with van der Waals surface area (Å²) in [4.78, 5) is 22.3. The quantitative estimate of drug-likeness (QED) is 0.717. The molecule has 0 spiro atoms. The third-order valence-corrected chi connectivity index (χ3v) is 2.68. The molecule has 0 aliphatic heterocycles. The molecule has 1 rings (SSSR count). The largest absolute Gasteiger partial charge is 0.268 e. The van der Waals surface area contributed by atoms with E-state index in [0.29, 0.717) is 18.2 Å². The average molecular weight is 214 g/mol. The van der Waals surface area contributed by atoms with Crippen molar-refractivity contribution >= 4 is 12.6 Å². The Morgan fingerprint density at radius 1 is 1.50 bits per heavy atom. The molecule has 0 bridgehead atoms. The summed E-state index contributed by atoms with van der Waals surface area (Å²) < 4.78 is 1.34. The minimum absolute atomic E-state index is 0.176. The van der Waals surface area contributed by atoms with Gasteiger partial charge in [-0.05, 0) is 11.7 Å². The van der Waals surface area contributed by atoms with Crippen molar-refractivity contribution in [3.63, 3.8) is 0 Å². The number of nitrogens with zero attached hydrogens (tertiary/aromatic N) is 1. The van der Waals surface area contributed by atoms with Gasteiger partial charge in [-0.2, -0.15) is 12.6 Å². The van der Waals surface area contributed by atoms with E-state index >= 15 is 0 Å². The van der Waals surface area contributed by atoms with Gasteiger partial charge in [-0.3, -0.25) is 14.7 Å². The van der Waals surface area contributed by atoms with E-state index in [0.717, 1.165) is 6.42 Å². The van der Waals surface area contributed by atoms with E-state index in [-0.39, 0.29) is 11.1 Å². The molecule has 5 heteroatoms. The van der Waals surface area contributed by atoms with Crippen LogP contribution < -0.4 is 11.1 Å². The third-order valence-electron chi connectivity index (χ3n) is 2.16. The van der Waals surface area contributed by atoms with Crippen LogP contribution >= 0.6 is 12.6 Å². The van der Waals surface area contributed by atoms with Crippen LogP contribution in [0.15, 0.2) is 21.7 Å². The zero-order chi connectivity index (χ0) is 10.6. The number of H-pyrrole nitrogens is 1. The Morgan fingerprint density at radius 3 is 2.79 bits per heavy atom. The van der Waals surface area contributed by atoms with Gasteiger partial charge in [0.2, 0.25) is 0 Å². The van der Waals surface area contributed by atoms with Crippen molar-refractivity contribution in [1.82, 2.24) is 9.78 Å². The number of hydrogen-bond acceptors (Lipinski definition) is 3. The highest BCUT2D eigenvalue weighted by atomic mass is 32.1. The standard InChI is InChI=1S/C9H14N2O2S/c1-2-7(6-14)5-11-9(13)4-3-8(12)10-11/h3-4,7,14H,2,5-6H2,1H3,(H,10,12). The summed E-state index contributed by atoms with van der Waals surface area (Å²) in [6.07, 6.45) is 0.937. The summed E-state index contributed by atoms with van der Waals surface area (Å²) in [5.41, 5.74) is -0.427. The predicted octanol–water partition coefficient (Wildman–Crippen LogP) is 0.493. The monoisotopic (exact) mass is 214 g/mol. The van der Waals surface area contributed by atoms with Crippen LogP contribution in [0.4, 0.5) is 0 Å². The fourth-order valence-electron chi connectivity index (χ4n) is 1.17. The van der Waals surface area contributed by atoms with Crippen LogP contribution in [0.3, 0.4) is 0 Å². The van der Waals surface area contributed by atoms with Gasteiger partial charge in [0.25, 0.3) is 11.1 Å². The van der Waals surface area contributed by atoms with E-state index in [4.69, 9.17) is 0 Å². The molecule has 1 N–H and O–H groups in total. The van der Waals surface area contributed by atoms with E-state index in [1.165, 1.54) is 16.8 Å². The molecule has 1 unspecified atom stereocenters. The molecule has 1 atom stereocenters. The second-order valence-electron chi connectivity index (χ2n) is 3.22. The van der Waals surface area contributed by atoms with Gasteiger partial charge in [-0.15, -0.1) is 0 Å². The molecule has 78 valence electrons. The fourth-order valence-corrected chi connectivity index (χ4v) is 1.55. The first kappa shape index (κ1) is 11.1. The van der Waals surface area contributed by atoms with Crippen LogP contribution in [0.2, 0.25) is 0 Å². The molecule has 1 aromatic rings. The number of aromatic nitrogens is 2. The van der Waals surface area contributed by atoms with E-state index in [2.05, 4.69) is 17.7 Å². The van der Waals surface area contributed by atoms with E-state index in [9.17, 15) is 9.59 Å². The molecule has 0 saturated carbocycles. The van der Waals surface area contributed by atoms with Crippen LogP contribution in [0.1, 0.15) is 13.3 Å². The van der Waals surface area contributed by atoms with Crippen molar-refractivity contribution in [2.45, 2.75) is 19.9 Å². The first-order valence-corrected chi connectivity index (χ1v) is 5.21. The predicted molar refractivity (Wildman–Crippen MR) is 59.0 cm³/mol. The fraction of sp³-hybridized carbons (Fsp3) is 0.556. The second kappa shape index (κ2) is 5.05. The molecule has 0 aliphatic rings. The number of nitrogens with one attached hydrogen (secondary N) is 1. The Balaban J connectivity index is 2.90. The molecule has 0 fully saturated rings. The average Bonchev–Trinajstić information content (AvgIpc) is 2.19. The van der Waals surface area contributed by atoms with Crippen LogP contribution in [0, 0.1) is 5.92 Å². The van der Waals surface area contributed by atoms with E-state index in [1.54, 1.807) is 0 Å². The maximum absolute atomic E-state index is 11.3. The maximum atomic E-state index is 11.3. The Labute approximate surface area is 87.4 Å². The molecule has 0 radical (unpaired) electrons. The zero-order valence-corrected chi connectivity index (χ0v) is 8.96. The van der Waals surface area contributed by atoms with Gasteiger partial charge < -0.3 is 0 Å². The molecule has 14 heavy (non-hydrogen) atoms. The van der Waals surface area contributed by atoms with Crippen molar-refractivity contribution in [1.29, 1.82) is 0 Å². The lowest BCUT2D eigenvalue weighted by Gasteiger charge is -2.12. The molecule has 0 saturated heterocycles. The van der Waals surface area contributed by atoms with Crippen LogP contribution in [-0.4, -0.2) is 15.5 Å². The highest BCUT2D eigenvalue weighted by Crippen LogP contribution is 2.05. The lowest BCUT2D eigenvalue weighted by atomic mass is 10.1. The zero-order valence-electron chi connectivity index (χ0n) is 8.06. The van der Waals surface area contributed by atoms with Gasteiger partial charge in [0.1, 0.15) is 0 Å². The van der Waals surface area contributed by atoms with Gasteiger partial charge in [0.05, 0.1) is 0 Å². The van der Waals surface area contributed by atoms with Gasteiger partial charge in [0.15, 0.2) is 0 Å². The number of hydrogen-bond donors (Lipinski definition) is 2. The van der Waals surface area contributed by atoms with Crippen molar-refractivity contribution in [2.75, 3.05) is 5.75 Å². The first-order valence-electron chi connectivity index (χ1n) is 4.58. The Morgan fingerprint density at radius 2 is 2.21 bits per heavy atom. The minimum Gasteiger partial charge on any atom is -0.268 e. The van der Waals surface area contributed by atoms with Crippen molar-refractivity contribution in [3.05, 3.63) is 32.8 Å². The van der Waals surface area contributed by atoms with Gasteiger partial charge in [-0.25, -0.2) is 4.68 Å². The van der Waals surface area contributed by atoms with E-state index < -0.39 is 0 Å². The molecular formula is C9H14N2O2S. The Kier molecular flexibility index (Phi) is 4.00. The smallest absolute Gasteiger partial charge is 0.265 e. The maximum Gasteiger partial charge on any atom is 0.265 e. The minimum atomic E-state index is -0.251. The molecule has 0 aromatic carbocycles.